The van der Waals surface area contributed by atoms with Crippen LogP contribution in [-0.4, -0.2) is 31.0 Å². The highest BCUT2D eigenvalue weighted by molar-refractivity contribution is 5.69. The second-order valence-electron chi connectivity index (χ2n) is 8.32. The molecule has 188 valence electrons. The minimum absolute atomic E-state index is 0.0895. The first-order valence-corrected chi connectivity index (χ1v) is 11.2. The molecule has 0 radical (unpaired) electrons. The highest BCUT2D eigenvalue weighted by atomic mass is 19.4. The molecule has 0 amide bonds. The summed E-state index contributed by atoms with van der Waals surface area (Å²) in [7, 11) is 1.37. The highest BCUT2D eigenvalue weighted by Gasteiger charge is 2.31. The van der Waals surface area contributed by atoms with E-state index in [4.69, 9.17) is 9.15 Å². The van der Waals surface area contributed by atoms with E-state index < -0.39 is 6.36 Å². The minimum Gasteiger partial charge on any atom is -0.493 e. The number of benzene rings is 2. The lowest BCUT2D eigenvalue weighted by Gasteiger charge is -2.10. The largest absolute Gasteiger partial charge is 0.573 e. The first kappa shape index (κ1) is 26.1. The van der Waals surface area contributed by atoms with E-state index in [1.165, 1.54) is 31.4 Å². The number of aromatic nitrogens is 1. The van der Waals surface area contributed by atoms with Crippen molar-refractivity contribution in [1.82, 2.24) is 4.98 Å². The number of ether oxygens (including phenoxy) is 3. The van der Waals surface area contributed by atoms with Crippen molar-refractivity contribution >= 4 is 5.97 Å². The van der Waals surface area contributed by atoms with E-state index in [1.807, 2.05) is 39.0 Å². The Labute approximate surface area is 202 Å². The molecule has 0 aliphatic carbocycles. The Morgan fingerprint density at radius 2 is 1.74 bits per heavy atom. The van der Waals surface area contributed by atoms with E-state index >= 15 is 0 Å². The van der Waals surface area contributed by atoms with Crippen LogP contribution in [0.3, 0.4) is 0 Å². The van der Waals surface area contributed by atoms with E-state index in [-0.39, 0.29) is 17.6 Å². The zero-order chi connectivity index (χ0) is 25.6. The molecule has 0 saturated heterocycles. The van der Waals surface area contributed by atoms with Gasteiger partial charge in [0.25, 0.3) is 0 Å². The number of oxazole rings is 1. The van der Waals surface area contributed by atoms with Gasteiger partial charge in [0.05, 0.1) is 19.4 Å². The molecule has 0 aliphatic rings. The van der Waals surface area contributed by atoms with Crippen LogP contribution in [0.25, 0.3) is 11.5 Å². The van der Waals surface area contributed by atoms with E-state index in [9.17, 15) is 18.0 Å². The normalized spacial score (nSPS) is 11.5. The lowest BCUT2D eigenvalue weighted by atomic mass is 10.0. The van der Waals surface area contributed by atoms with Crippen molar-refractivity contribution in [2.75, 3.05) is 13.7 Å². The van der Waals surface area contributed by atoms with Crippen molar-refractivity contribution in [3.63, 3.8) is 0 Å². The standard InChI is InChI=1S/C26H28F3NO5/c1-16(2)24-22(34-25(30-24)19-6-9-20(10-7-19)35-26(27,28)29)13-14-33-21-11-5-18(17(3)15-21)8-12-23(31)32-4/h5-7,9-11,15-16H,8,12-14H2,1-4H3. The Bertz CT molecular complexity index is 1140. The Balaban J connectivity index is 1.64. The van der Waals surface area contributed by atoms with Gasteiger partial charge in [-0.15, -0.1) is 13.2 Å². The molecule has 1 aromatic heterocycles. The van der Waals surface area contributed by atoms with Crippen LogP contribution < -0.4 is 9.47 Å². The molecule has 1 heterocycles. The fourth-order valence-electron chi connectivity index (χ4n) is 3.56. The van der Waals surface area contributed by atoms with Crippen LogP contribution in [0.1, 0.15) is 48.8 Å². The predicted molar refractivity (Wildman–Crippen MR) is 123 cm³/mol. The van der Waals surface area contributed by atoms with Crippen molar-refractivity contribution < 1.29 is 36.6 Å². The Morgan fingerprint density at radius 1 is 1.06 bits per heavy atom. The van der Waals surface area contributed by atoms with Crippen LogP contribution in [0, 0.1) is 6.92 Å². The maximum Gasteiger partial charge on any atom is 0.573 e. The lowest BCUT2D eigenvalue weighted by Crippen LogP contribution is -2.16. The van der Waals surface area contributed by atoms with Crippen molar-refractivity contribution in [3.8, 4) is 23.0 Å². The average molecular weight is 492 g/mol. The summed E-state index contributed by atoms with van der Waals surface area (Å²) >= 11 is 0. The SMILES string of the molecule is COC(=O)CCc1ccc(OCCc2oc(-c3ccc(OC(F)(F)F)cc3)nc2C(C)C)cc1C. The van der Waals surface area contributed by atoms with Crippen LogP contribution in [-0.2, 0) is 22.4 Å². The summed E-state index contributed by atoms with van der Waals surface area (Å²) in [5.41, 5.74) is 3.39. The van der Waals surface area contributed by atoms with Gasteiger partial charge in [0.1, 0.15) is 17.3 Å². The number of carbonyl (C=O) groups is 1. The summed E-state index contributed by atoms with van der Waals surface area (Å²) in [5.74, 6) is 1.23. The third-order valence-corrected chi connectivity index (χ3v) is 5.35. The van der Waals surface area contributed by atoms with Gasteiger partial charge >= 0.3 is 12.3 Å². The van der Waals surface area contributed by atoms with Gasteiger partial charge in [-0.05, 0) is 66.8 Å². The van der Waals surface area contributed by atoms with Gasteiger partial charge in [-0.1, -0.05) is 19.9 Å². The molecule has 2 aromatic carbocycles. The Morgan fingerprint density at radius 3 is 2.34 bits per heavy atom. The number of alkyl halides is 3. The first-order valence-electron chi connectivity index (χ1n) is 11.2. The molecule has 3 aromatic rings. The van der Waals surface area contributed by atoms with Crippen molar-refractivity contribution in [2.24, 2.45) is 0 Å². The van der Waals surface area contributed by atoms with Gasteiger partial charge in [0, 0.05) is 18.4 Å². The quantitative estimate of drug-likeness (QED) is 0.306. The Kier molecular flexibility index (Phi) is 8.43. The molecular weight excluding hydrogens is 463 g/mol. The van der Waals surface area contributed by atoms with Crippen LogP contribution in [0.15, 0.2) is 46.9 Å². The highest BCUT2D eigenvalue weighted by Crippen LogP contribution is 2.30. The van der Waals surface area contributed by atoms with Gasteiger partial charge in [0.2, 0.25) is 5.89 Å². The van der Waals surface area contributed by atoms with Gasteiger partial charge in [0.15, 0.2) is 0 Å². The smallest absolute Gasteiger partial charge is 0.493 e. The maximum atomic E-state index is 12.4. The molecule has 0 spiro atoms. The number of methoxy groups -OCH3 is 1. The van der Waals surface area contributed by atoms with Gasteiger partial charge < -0.3 is 18.6 Å². The average Bonchev–Trinajstić information content (AvgIpc) is 3.22. The molecular formula is C26H28F3NO5. The number of carbonyl (C=O) groups excluding carboxylic acids is 1. The zero-order valence-corrected chi connectivity index (χ0v) is 20.1. The summed E-state index contributed by atoms with van der Waals surface area (Å²) in [5, 5.41) is 0. The topological polar surface area (TPSA) is 70.8 Å². The Hall–Kier alpha value is -3.49. The molecule has 0 fully saturated rings. The molecule has 0 N–H and O–H groups in total. The fourth-order valence-corrected chi connectivity index (χ4v) is 3.56. The third kappa shape index (κ3) is 7.50. The third-order valence-electron chi connectivity index (χ3n) is 5.35. The monoisotopic (exact) mass is 491 g/mol. The summed E-state index contributed by atoms with van der Waals surface area (Å²) < 4.78 is 57.6. The molecule has 0 bridgehead atoms. The van der Waals surface area contributed by atoms with Gasteiger partial charge in [-0.25, -0.2) is 4.98 Å². The summed E-state index contributed by atoms with van der Waals surface area (Å²) in [4.78, 5) is 15.9. The molecule has 0 atom stereocenters. The van der Waals surface area contributed by atoms with E-state index in [0.29, 0.717) is 48.8 Å². The molecule has 0 unspecified atom stereocenters. The molecule has 0 saturated carbocycles. The maximum absolute atomic E-state index is 12.4. The zero-order valence-electron chi connectivity index (χ0n) is 20.1. The summed E-state index contributed by atoms with van der Waals surface area (Å²) in [6.07, 6.45) is -3.36. The molecule has 3 rings (SSSR count). The van der Waals surface area contributed by atoms with E-state index in [0.717, 1.165) is 16.8 Å². The molecule has 9 heteroatoms. The number of hydrogen-bond acceptors (Lipinski definition) is 6. The van der Waals surface area contributed by atoms with Crippen LogP contribution in [0.5, 0.6) is 11.5 Å². The number of hydrogen-bond donors (Lipinski definition) is 0. The lowest BCUT2D eigenvalue weighted by molar-refractivity contribution is -0.274. The predicted octanol–water partition coefficient (Wildman–Crippen LogP) is 6.40. The fraction of sp³-hybridized carbons (Fsp3) is 0.385. The summed E-state index contributed by atoms with van der Waals surface area (Å²) in [6, 6.07) is 11.1. The van der Waals surface area contributed by atoms with E-state index in [1.54, 1.807) is 0 Å². The van der Waals surface area contributed by atoms with Crippen molar-refractivity contribution in [3.05, 3.63) is 65.0 Å². The first-order chi connectivity index (χ1) is 16.6. The second kappa shape index (κ2) is 11.3. The molecule has 6 nitrogen and oxygen atoms in total. The van der Waals surface area contributed by atoms with Crippen molar-refractivity contribution in [1.29, 1.82) is 0 Å². The second-order valence-corrected chi connectivity index (χ2v) is 8.32. The number of halogens is 3. The number of aryl methyl sites for hydroxylation is 2. The van der Waals surface area contributed by atoms with Crippen LogP contribution >= 0.6 is 0 Å². The molecule has 0 aliphatic heterocycles. The summed E-state index contributed by atoms with van der Waals surface area (Å²) in [6.45, 7) is 6.29. The van der Waals surface area contributed by atoms with Crippen molar-refractivity contribution in [2.45, 2.75) is 52.3 Å². The number of esters is 1. The van der Waals surface area contributed by atoms with Crippen LogP contribution in [0.2, 0.25) is 0 Å². The number of nitrogens with zero attached hydrogens (tertiary/aromatic N) is 1. The molecule has 35 heavy (non-hydrogen) atoms. The van der Waals surface area contributed by atoms with Crippen LogP contribution in [0.4, 0.5) is 13.2 Å². The van der Waals surface area contributed by atoms with E-state index in [2.05, 4.69) is 14.5 Å². The minimum atomic E-state index is -4.75. The van der Waals surface area contributed by atoms with Gasteiger partial charge in [-0.2, -0.15) is 0 Å². The van der Waals surface area contributed by atoms with Gasteiger partial charge in [-0.3, -0.25) is 4.79 Å². The number of rotatable bonds is 10.